The molecule has 0 atom stereocenters. The molecule has 1 N–H and O–H groups in total. The van der Waals surface area contributed by atoms with Crippen LogP contribution in [0.2, 0.25) is 5.02 Å². The topological polar surface area (TPSA) is 64.9 Å². The Bertz CT molecular complexity index is 802. The molecule has 0 aliphatic rings. The first kappa shape index (κ1) is 14.6. The van der Waals surface area contributed by atoms with Crippen molar-refractivity contribution in [2.24, 2.45) is 7.05 Å². The van der Waals surface area contributed by atoms with Crippen molar-refractivity contribution in [3.8, 4) is 5.75 Å². The van der Waals surface area contributed by atoms with E-state index >= 15 is 0 Å². The van der Waals surface area contributed by atoms with Crippen LogP contribution in [0.3, 0.4) is 0 Å². The van der Waals surface area contributed by atoms with Gasteiger partial charge in [0, 0.05) is 18.6 Å². The molecular formula is C15H16ClN5O. The van der Waals surface area contributed by atoms with Gasteiger partial charge in [-0.2, -0.15) is 5.10 Å². The van der Waals surface area contributed by atoms with Crippen LogP contribution in [0.25, 0.3) is 11.0 Å². The maximum atomic E-state index is 6.24. The lowest BCUT2D eigenvalue weighted by Crippen LogP contribution is -2.07. The van der Waals surface area contributed by atoms with E-state index in [4.69, 9.17) is 16.3 Å². The molecule has 3 rings (SSSR count). The van der Waals surface area contributed by atoms with Gasteiger partial charge in [0.15, 0.2) is 5.65 Å². The van der Waals surface area contributed by atoms with Crippen LogP contribution in [-0.4, -0.2) is 33.4 Å². The van der Waals surface area contributed by atoms with E-state index in [2.05, 4.69) is 20.4 Å². The third-order valence-electron chi connectivity index (χ3n) is 3.48. The van der Waals surface area contributed by atoms with Crippen molar-refractivity contribution in [1.29, 1.82) is 0 Å². The van der Waals surface area contributed by atoms with Crippen LogP contribution in [-0.2, 0) is 13.5 Å². The molecule has 0 aliphatic heterocycles. The van der Waals surface area contributed by atoms with E-state index in [1.165, 1.54) is 6.33 Å². The predicted molar refractivity (Wildman–Crippen MR) is 86.5 cm³/mol. The molecule has 0 fully saturated rings. The van der Waals surface area contributed by atoms with Crippen molar-refractivity contribution in [2.75, 3.05) is 19.0 Å². The lowest BCUT2D eigenvalue weighted by molar-refractivity contribution is 0.414. The molecule has 6 nitrogen and oxygen atoms in total. The number of rotatable bonds is 5. The first-order chi connectivity index (χ1) is 10.7. The molecule has 0 saturated heterocycles. The fraction of sp³-hybridized carbons (Fsp3) is 0.267. The number of aromatic nitrogens is 4. The second-order valence-electron chi connectivity index (χ2n) is 4.86. The quantitative estimate of drug-likeness (QED) is 0.783. The Balaban J connectivity index is 1.70. The van der Waals surface area contributed by atoms with Crippen molar-refractivity contribution in [3.63, 3.8) is 0 Å². The average Bonchev–Trinajstić information content (AvgIpc) is 2.91. The SMILES string of the molecule is COc1ccc(CCNc2ncnc3c2cnn3C)c(Cl)c1. The first-order valence-electron chi connectivity index (χ1n) is 6.88. The van der Waals surface area contributed by atoms with Gasteiger partial charge in [-0.1, -0.05) is 17.7 Å². The molecule has 2 aromatic heterocycles. The van der Waals surface area contributed by atoms with Gasteiger partial charge in [-0.3, -0.25) is 4.68 Å². The number of methoxy groups -OCH3 is 1. The number of nitrogens with one attached hydrogen (secondary N) is 1. The highest BCUT2D eigenvalue weighted by Gasteiger charge is 2.08. The molecule has 0 amide bonds. The van der Waals surface area contributed by atoms with Crippen molar-refractivity contribution >= 4 is 28.5 Å². The van der Waals surface area contributed by atoms with Crippen LogP contribution in [0.15, 0.2) is 30.7 Å². The number of hydrogen-bond donors (Lipinski definition) is 1. The summed E-state index contributed by atoms with van der Waals surface area (Å²) in [4.78, 5) is 8.49. The Labute approximate surface area is 133 Å². The molecule has 22 heavy (non-hydrogen) atoms. The van der Waals surface area contributed by atoms with E-state index in [-0.39, 0.29) is 0 Å². The smallest absolute Gasteiger partial charge is 0.163 e. The molecule has 2 heterocycles. The fourth-order valence-electron chi connectivity index (χ4n) is 2.28. The van der Waals surface area contributed by atoms with Gasteiger partial charge in [-0.25, -0.2) is 9.97 Å². The van der Waals surface area contributed by atoms with Crippen molar-refractivity contribution in [1.82, 2.24) is 19.7 Å². The number of ether oxygens (including phenoxy) is 1. The van der Waals surface area contributed by atoms with E-state index < -0.39 is 0 Å². The number of aryl methyl sites for hydroxylation is 1. The van der Waals surface area contributed by atoms with Crippen molar-refractivity contribution < 1.29 is 4.74 Å². The van der Waals surface area contributed by atoms with E-state index in [0.29, 0.717) is 11.6 Å². The Morgan fingerprint density at radius 3 is 2.95 bits per heavy atom. The molecule has 0 saturated carbocycles. The first-order valence-corrected chi connectivity index (χ1v) is 7.26. The molecule has 114 valence electrons. The van der Waals surface area contributed by atoms with Gasteiger partial charge < -0.3 is 10.1 Å². The summed E-state index contributed by atoms with van der Waals surface area (Å²) in [5.41, 5.74) is 1.87. The van der Waals surface area contributed by atoms with Gasteiger partial charge in [0.05, 0.1) is 18.7 Å². The Hall–Kier alpha value is -2.34. The minimum Gasteiger partial charge on any atom is -0.497 e. The number of fused-ring (bicyclic) bond motifs is 1. The summed E-state index contributed by atoms with van der Waals surface area (Å²) in [7, 11) is 3.48. The van der Waals surface area contributed by atoms with Gasteiger partial charge in [0.1, 0.15) is 17.9 Å². The van der Waals surface area contributed by atoms with Crippen LogP contribution < -0.4 is 10.1 Å². The summed E-state index contributed by atoms with van der Waals surface area (Å²) in [5, 5.41) is 9.12. The zero-order valence-corrected chi connectivity index (χ0v) is 13.1. The predicted octanol–water partition coefficient (Wildman–Crippen LogP) is 2.68. The molecule has 1 aromatic carbocycles. The number of hydrogen-bond acceptors (Lipinski definition) is 5. The van der Waals surface area contributed by atoms with Gasteiger partial charge in [-0.15, -0.1) is 0 Å². The van der Waals surface area contributed by atoms with Crippen LogP contribution in [0, 0.1) is 0 Å². The van der Waals surface area contributed by atoms with E-state index in [1.807, 2.05) is 25.2 Å². The maximum Gasteiger partial charge on any atom is 0.163 e. The van der Waals surface area contributed by atoms with Gasteiger partial charge in [-0.05, 0) is 24.1 Å². The molecule has 0 spiro atoms. The summed E-state index contributed by atoms with van der Waals surface area (Å²) in [5.74, 6) is 1.54. The third kappa shape index (κ3) is 2.82. The molecule has 0 radical (unpaired) electrons. The monoisotopic (exact) mass is 317 g/mol. The highest BCUT2D eigenvalue weighted by molar-refractivity contribution is 6.31. The second-order valence-corrected chi connectivity index (χ2v) is 5.27. The lowest BCUT2D eigenvalue weighted by atomic mass is 10.1. The summed E-state index contributed by atoms with van der Waals surface area (Å²) >= 11 is 6.24. The van der Waals surface area contributed by atoms with Crippen molar-refractivity contribution in [2.45, 2.75) is 6.42 Å². The molecule has 0 unspecified atom stereocenters. The standard InChI is InChI=1S/C15H16ClN5O/c1-21-15-12(8-20-21)14(18-9-19-15)17-6-5-10-3-4-11(22-2)7-13(10)16/h3-4,7-9H,5-6H2,1-2H3,(H,17,18,19). The average molecular weight is 318 g/mol. The van der Waals surface area contributed by atoms with Crippen LogP contribution >= 0.6 is 11.6 Å². The van der Waals surface area contributed by atoms with E-state index in [1.54, 1.807) is 18.0 Å². The van der Waals surface area contributed by atoms with Crippen LogP contribution in [0.5, 0.6) is 5.75 Å². The number of halogens is 1. The van der Waals surface area contributed by atoms with E-state index in [0.717, 1.165) is 34.6 Å². The normalized spacial score (nSPS) is 10.9. The molecular weight excluding hydrogens is 302 g/mol. The van der Waals surface area contributed by atoms with Crippen LogP contribution in [0.4, 0.5) is 5.82 Å². The second kappa shape index (κ2) is 6.19. The van der Waals surface area contributed by atoms with E-state index in [9.17, 15) is 0 Å². The third-order valence-corrected chi connectivity index (χ3v) is 3.83. The maximum absolute atomic E-state index is 6.24. The Morgan fingerprint density at radius 2 is 2.18 bits per heavy atom. The zero-order valence-electron chi connectivity index (χ0n) is 12.4. The number of benzene rings is 1. The summed E-state index contributed by atoms with van der Waals surface area (Å²) < 4.78 is 6.87. The highest BCUT2D eigenvalue weighted by Crippen LogP contribution is 2.23. The minimum absolute atomic E-state index is 0.704. The summed E-state index contributed by atoms with van der Waals surface area (Å²) in [6.07, 6.45) is 4.08. The number of anilines is 1. The molecule has 3 aromatic rings. The molecule has 0 aliphatic carbocycles. The van der Waals surface area contributed by atoms with Crippen molar-refractivity contribution in [3.05, 3.63) is 41.3 Å². The Morgan fingerprint density at radius 1 is 1.32 bits per heavy atom. The highest BCUT2D eigenvalue weighted by atomic mass is 35.5. The van der Waals surface area contributed by atoms with Gasteiger partial charge in [0.2, 0.25) is 0 Å². The Kier molecular flexibility index (Phi) is 4.11. The molecule has 0 bridgehead atoms. The lowest BCUT2D eigenvalue weighted by Gasteiger charge is -2.09. The summed E-state index contributed by atoms with van der Waals surface area (Å²) in [6.45, 7) is 0.715. The summed E-state index contributed by atoms with van der Waals surface area (Å²) in [6, 6.07) is 5.70. The minimum atomic E-state index is 0.704. The number of nitrogens with zero attached hydrogens (tertiary/aromatic N) is 4. The molecule has 7 heteroatoms. The van der Waals surface area contributed by atoms with Gasteiger partial charge in [0.25, 0.3) is 0 Å². The van der Waals surface area contributed by atoms with Crippen LogP contribution in [0.1, 0.15) is 5.56 Å². The largest absolute Gasteiger partial charge is 0.497 e. The fourth-order valence-corrected chi connectivity index (χ4v) is 2.54. The van der Waals surface area contributed by atoms with Gasteiger partial charge >= 0.3 is 0 Å². The zero-order chi connectivity index (χ0) is 15.5.